The highest BCUT2D eigenvalue weighted by atomic mass is 16.5. The number of nitrogens with zero attached hydrogens (tertiary/aromatic N) is 1. The number of hydrogen-bond donors (Lipinski definition) is 1. The van der Waals surface area contributed by atoms with Gasteiger partial charge < -0.3 is 19.7 Å². The standard InChI is InChI=1S/C24H32N2O3/c1-5-23(29-22-9-6-17(2)18(3)16-22)24(27)25-19-7-10-20(11-8-19)28-21-12-14-26(4)15-13-21/h6-11,16,21,23H,5,12-15H2,1-4H3,(H,25,27). The molecule has 1 unspecified atom stereocenters. The molecule has 0 aliphatic carbocycles. The maximum atomic E-state index is 12.7. The van der Waals surface area contributed by atoms with Crippen molar-refractivity contribution < 1.29 is 14.3 Å². The molecular weight excluding hydrogens is 364 g/mol. The molecule has 29 heavy (non-hydrogen) atoms. The third kappa shape index (κ3) is 5.97. The van der Waals surface area contributed by atoms with Crippen molar-refractivity contribution in [2.24, 2.45) is 0 Å². The molecule has 3 rings (SSSR count). The van der Waals surface area contributed by atoms with Crippen molar-refractivity contribution in [1.29, 1.82) is 0 Å². The Hall–Kier alpha value is -2.53. The van der Waals surface area contributed by atoms with Crippen LogP contribution in [0, 0.1) is 13.8 Å². The van der Waals surface area contributed by atoms with Crippen LogP contribution in [0.15, 0.2) is 42.5 Å². The van der Waals surface area contributed by atoms with Crippen molar-refractivity contribution in [1.82, 2.24) is 4.90 Å². The third-order valence-corrected chi connectivity index (χ3v) is 5.51. The Balaban J connectivity index is 1.55. The minimum atomic E-state index is -0.535. The summed E-state index contributed by atoms with van der Waals surface area (Å²) in [5, 5.41) is 2.95. The molecule has 0 saturated carbocycles. The second-order valence-electron chi connectivity index (χ2n) is 7.89. The van der Waals surface area contributed by atoms with Crippen LogP contribution in [0.1, 0.15) is 37.3 Å². The number of benzene rings is 2. The van der Waals surface area contributed by atoms with Gasteiger partial charge in [0.15, 0.2) is 6.10 Å². The molecule has 1 amide bonds. The Bertz CT molecular complexity index is 811. The normalized spacial score (nSPS) is 16.3. The fourth-order valence-corrected chi connectivity index (χ4v) is 3.41. The Labute approximate surface area is 174 Å². The van der Waals surface area contributed by atoms with Gasteiger partial charge in [-0.05, 0) is 87.7 Å². The van der Waals surface area contributed by atoms with E-state index in [9.17, 15) is 4.79 Å². The Kier molecular flexibility index (Phi) is 7.15. The van der Waals surface area contributed by atoms with Gasteiger partial charge in [0.1, 0.15) is 17.6 Å². The lowest BCUT2D eigenvalue weighted by molar-refractivity contribution is -0.122. The van der Waals surface area contributed by atoms with Gasteiger partial charge in [0, 0.05) is 18.8 Å². The van der Waals surface area contributed by atoms with Crippen LogP contribution in [0.4, 0.5) is 5.69 Å². The summed E-state index contributed by atoms with van der Waals surface area (Å²) in [6.45, 7) is 8.18. The van der Waals surface area contributed by atoms with Crippen LogP contribution < -0.4 is 14.8 Å². The molecule has 1 saturated heterocycles. The van der Waals surface area contributed by atoms with E-state index < -0.39 is 6.10 Å². The summed E-state index contributed by atoms with van der Waals surface area (Å²) in [5.41, 5.74) is 3.10. The number of carbonyl (C=O) groups excluding carboxylic acids is 1. The van der Waals surface area contributed by atoms with E-state index in [2.05, 4.69) is 24.2 Å². The van der Waals surface area contributed by atoms with E-state index in [1.165, 1.54) is 5.56 Å². The largest absolute Gasteiger partial charge is 0.490 e. The van der Waals surface area contributed by atoms with Gasteiger partial charge in [-0.3, -0.25) is 4.79 Å². The van der Waals surface area contributed by atoms with Gasteiger partial charge in [-0.2, -0.15) is 0 Å². The molecule has 1 heterocycles. The van der Waals surface area contributed by atoms with Gasteiger partial charge in [-0.15, -0.1) is 0 Å². The minimum absolute atomic E-state index is 0.144. The van der Waals surface area contributed by atoms with Crippen LogP contribution in [0.25, 0.3) is 0 Å². The number of aryl methyl sites for hydroxylation is 2. The van der Waals surface area contributed by atoms with E-state index >= 15 is 0 Å². The quantitative estimate of drug-likeness (QED) is 0.745. The Morgan fingerprint density at radius 1 is 1.07 bits per heavy atom. The Morgan fingerprint density at radius 3 is 2.34 bits per heavy atom. The van der Waals surface area contributed by atoms with Gasteiger partial charge >= 0.3 is 0 Å². The first kappa shape index (κ1) is 21.2. The highest BCUT2D eigenvalue weighted by Crippen LogP contribution is 2.22. The number of piperidine rings is 1. The first-order chi connectivity index (χ1) is 13.9. The highest BCUT2D eigenvalue weighted by molar-refractivity contribution is 5.94. The monoisotopic (exact) mass is 396 g/mol. The molecule has 0 aromatic heterocycles. The maximum Gasteiger partial charge on any atom is 0.265 e. The van der Waals surface area contributed by atoms with Crippen LogP contribution >= 0.6 is 0 Å². The second kappa shape index (κ2) is 9.79. The van der Waals surface area contributed by atoms with Crippen molar-refractivity contribution in [3.8, 4) is 11.5 Å². The number of amides is 1. The average molecular weight is 397 g/mol. The van der Waals surface area contributed by atoms with E-state index in [0.717, 1.165) is 48.7 Å². The molecule has 1 aliphatic heterocycles. The van der Waals surface area contributed by atoms with Gasteiger partial charge in [-0.25, -0.2) is 0 Å². The molecule has 0 radical (unpaired) electrons. The molecule has 1 fully saturated rings. The van der Waals surface area contributed by atoms with Gasteiger partial charge in [-0.1, -0.05) is 13.0 Å². The number of nitrogens with one attached hydrogen (secondary N) is 1. The summed E-state index contributed by atoms with van der Waals surface area (Å²) in [4.78, 5) is 15.0. The summed E-state index contributed by atoms with van der Waals surface area (Å²) >= 11 is 0. The minimum Gasteiger partial charge on any atom is -0.490 e. The number of ether oxygens (including phenoxy) is 2. The van der Waals surface area contributed by atoms with E-state index in [0.29, 0.717) is 6.42 Å². The van der Waals surface area contributed by atoms with Crippen molar-refractivity contribution in [2.45, 2.75) is 52.2 Å². The molecule has 1 atom stereocenters. The van der Waals surface area contributed by atoms with E-state index in [1.54, 1.807) is 0 Å². The summed E-state index contributed by atoms with van der Waals surface area (Å²) < 4.78 is 12.0. The fraction of sp³-hybridized carbons (Fsp3) is 0.458. The third-order valence-electron chi connectivity index (χ3n) is 5.51. The van der Waals surface area contributed by atoms with E-state index in [-0.39, 0.29) is 12.0 Å². The van der Waals surface area contributed by atoms with Crippen LogP contribution in [-0.2, 0) is 4.79 Å². The van der Waals surface area contributed by atoms with Crippen molar-refractivity contribution >= 4 is 11.6 Å². The zero-order valence-corrected chi connectivity index (χ0v) is 17.9. The molecular formula is C24H32N2O3. The summed E-state index contributed by atoms with van der Waals surface area (Å²) in [6, 6.07) is 13.5. The number of anilines is 1. The van der Waals surface area contributed by atoms with E-state index in [4.69, 9.17) is 9.47 Å². The van der Waals surface area contributed by atoms with Gasteiger partial charge in [0.25, 0.3) is 5.91 Å². The van der Waals surface area contributed by atoms with Crippen LogP contribution in [-0.4, -0.2) is 43.2 Å². The maximum absolute atomic E-state index is 12.7. The Morgan fingerprint density at radius 2 is 1.72 bits per heavy atom. The summed E-state index contributed by atoms with van der Waals surface area (Å²) in [5.74, 6) is 1.42. The molecule has 1 aliphatic rings. The fourth-order valence-electron chi connectivity index (χ4n) is 3.41. The first-order valence-corrected chi connectivity index (χ1v) is 10.4. The van der Waals surface area contributed by atoms with Crippen LogP contribution in [0.5, 0.6) is 11.5 Å². The molecule has 2 aromatic rings. The van der Waals surface area contributed by atoms with Crippen LogP contribution in [0.2, 0.25) is 0 Å². The molecule has 156 valence electrons. The van der Waals surface area contributed by atoms with Crippen LogP contribution in [0.3, 0.4) is 0 Å². The lowest BCUT2D eigenvalue weighted by Crippen LogP contribution is -2.35. The average Bonchev–Trinajstić information content (AvgIpc) is 2.72. The molecule has 5 heteroatoms. The topological polar surface area (TPSA) is 50.8 Å². The number of carbonyl (C=O) groups is 1. The predicted octanol–water partition coefficient (Wildman–Crippen LogP) is 4.57. The molecule has 5 nitrogen and oxygen atoms in total. The SMILES string of the molecule is CCC(Oc1ccc(C)c(C)c1)C(=O)Nc1ccc(OC2CCN(C)CC2)cc1. The van der Waals surface area contributed by atoms with Crippen molar-refractivity contribution in [2.75, 3.05) is 25.5 Å². The summed E-state index contributed by atoms with van der Waals surface area (Å²) in [6.07, 6.45) is 2.41. The highest BCUT2D eigenvalue weighted by Gasteiger charge is 2.20. The van der Waals surface area contributed by atoms with Crippen molar-refractivity contribution in [3.63, 3.8) is 0 Å². The van der Waals surface area contributed by atoms with E-state index in [1.807, 2.05) is 56.3 Å². The number of hydrogen-bond acceptors (Lipinski definition) is 4. The lowest BCUT2D eigenvalue weighted by Gasteiger charge is -2.29. The number of likely N-dealkylation sites (tertiary alicyclic amines) is 1. The van der Waals surface area contributed by atoms with Gasteiger partial charge in [0.2, 0.25) is 0 Å². The molecule has 0 bridgehead atoms. The number of rotatable bonds is 7. The second-order valence-corrected chi connectivity index (χ2v) is 7.89. The lowest BCUT2D eigenvalue weighted by atomic mass is 10.1. The zero-order chi connectivity index (χ0) is 20.8. The molecule has 1 N–H and O–H groups in total. The summed E-state index contributed by atoms with van der Waals surface area (Å²) in [7, 11) is 2.14. The molecule has 2 aromatic carbocycles. The zero-order valence-electron chi connectivity index (χ0n) is 17.9. The molecule has 0 spiro atoms. The van der Waals surface area contributed by atoms with Gasteiger partial charge in [0.05, 0.1) is 0 Å². The first-order valence-electron chi connectivity index (χ1n) is 10.4. The smallest absolute Gasteiger partial charge is 0.265 e. The predicted molar refractivity (Wildman–Crippen MR) is 117 cm³/mol. The van der Waals surface area contributed by atoms with Crippen molar-refractivity contribution in [3.05, 3.63) is 53.6 Å².